The van der Waals surface area contributed by atoms with E-state index in [1.54, 1.807) is 0 Å². The molecule has 0 aliphatic carbocycles. The zero-order valence-corrected chi connectivity index (χ0v) is 11.6. The van der Waals surface area contributed by atoms with E-state index in [1.165, 1.54) is 25.6 Å². The minimum absolute atomic E-state index is 0.00279. The number of alkyl halides is 2. The summed E-state index contributed by atoms with van der Waals surface area (Å²) in [5.74, 6) is -0.151. The average Bonchev–Trinajstić information content (AvgIpc) is 2.53. The fourth-order valence-electron chi connectivity index (χ4n) is 1.80. The van der Waals surface area contributed by atoms with Crippen LogP contribution in [0.15, 0.2) is 31.0 Å². The molecular weight excluding hydrogens is 294 g/mol. The first-order valence-electron chi connectivity index (χ1n) is 6.18. The molecule has 2 aromatic heterocycles. The molecule has 0 unspecified atom stereocenters. The maximum absolute atomic E-state index is 13.3. The fourth-order valence-corrected chi connectivity index (χ4v) is 1.80. The minimum atomic E-state index is -2.82. The van der Waals surface area contributed by atoms with Crippen molar-refractivity contribution in [1.82, 2.24) is 15.0 Å². The predicted octanol–water partition coefficient (Wildman–Crippen LogP) is 1.77. The summed E-state index contributed by atoms with van der Waals surface area (Å²) in [5, 5.41) is 2.59. The largest absolute Gasteiger partial charge is 0.451 e. The maximum atomic E-state index is 13.3. The molecule has 0 saturated heterocycles. The van der Waals surface area contributed by atoms with Crippen molar-refractivity contribution < 1.29 is 13.5 Å². The summed E-state index contributed by atoms with van der Waals surface area (Å²) in [5.41, 5.74) is 11.0. The number of rotatable bonds is 5. The van der Waals surface area contributed by atoms with E-state index >= 15 is 0 Å². The number of nitrogens with zero attached hydrogens (tertiary/aromatic N) is 3. The van der Waals surface area contributed by atoms with Gasteiger partial charge in [0.25, 0.3) is 6.43 Å². The van der Waals surface area contributed by atoms with E-state index in [0.717, 1.165) is 12.4 Å². The number of nitrogens with one attached hydrogen (secondary N) is 1. The molecule has 9 heteroatoms. The third kappa shape index (κ3) is 3.03. The smallest absolute Gasteiger partial charge is 0.269 e. The van der Waals surface area contributed by atoms with Crippen molar-refractivity contribution in [2.24, 2.45) is 5.73 Å². The summed E-state index contributed by atoms with van der Waals surface area (Å²) in [7, 11) is 1.46. The maximum Gasteiger partial charge on any atom is 0.269 e. The highest BCUT2D eigenvalue weighted by Gasteiger charge is 2.23. The first-order valence-corrected chi connectivity index (χ1v) is 6.18. The van der Waals surface area contributed by atoms with Crippen molar-refractivity contribution in [3.8, 4) is 5.75 Å². The SMILES string of the molecule is CNc1c(N)ncc(O/C(=C/N)c2cnccn2)c1C(F)F. The number of anilines is 2. The Bertz CT molecular complexity index is 678. The van der Waals surface area contributed by atoms with Gasteiger partial charge in [0.1, 0.15) is 11.5 Å². The number of nitrogen functional groups attached to an aromatic ring is 1. The lowest BCUT2D eigenvalue weighted by Gasteiger charge is -2.16. The van der Waals surface area contributed by atoms with Gasteiger partial charge in [0, 0.05) is 25.6 Å². The summed E-state index contributed by atoms with van der Waals surface area (Å²) >= 11 is 0. The molecule has 2 aromatic rings. The monoisotopic (exact) mass is 308 g/mol. The van der Waals surface area contributed by atoms with Crippen LogP contribution in [0.25, 0.3) is 5.76 Å². The molecule has 2 heterocycles. The third-order valence-electron chi connectivity index (χ3n) is 2.77. The summed E-state index contributed by atoms with van der Waals surface area (Å²) < 4.78 is 32.1. The summed E-state index contributed by atoms with van der Waals surface area (Å²) in [6.45, 7) is 0. The van der Waals surface area contributed by atoms with Crippen molar-refractivity contribution >= 4 is 17.3 Å². The van der Waals surface area contributed by atoms with Gasteiger partial charge in [-0.15, -0.1) is 0 Å². The van der Waals surface area contributed by atoms with Gasteiger partial charge in [0.05, 0.1) is 23.6 Å². The van der Waals surface area contributed by atoms with Gasteiger partial charge in [0.15, 0.2) is 11.5 Å². The van der Waals surface area contributed by atoms with Crippen LogP contribution < -0.4 is 21.5 Å². The Balaban J connectivity index is 2.45. The van der Waals surface area contributed by atoms with Gasteiger partial charge >= 0.3 is 0 Å². The highest BCUT2D eigenvalue weighted by Crippen LogP contribution is 2.38. The minimum Gasteiger partial charge on any atom is -0.451 e. The van der Waals surface area contributed by atoms with Gasteiger partial charge in [-0.05, 0) is 0 Å². The number of ether oxygens (including phenoxy) is 1. The normalized spacial score (nSPS) is 11.5. The van der Waals surface area contributed by atoms with Gasteiger partial charge < -0.3 is 21.5 Å². The van der Waals surface area contributed by atoms with Crippen LogP contribution in [0, 0.1) is 0 Å². The standard InChI is InChI=1S/C13H14F2N6O/c1-18-11-10(12(14)15)9(6-21-13(11)17)22-8(4-16)7-5-19-2-3-20-7/h2-6,12,18H,16H2,1H3,(H2,17,21)/b8-4+. The second kappa shape index (κ2) is 6.66. The second-order valence-corrected chi connectivity index (χ2v) is 4.07. The Hall–Kier alpha value is -2.97. The molecule has 0 spiro atoms. The van der Waals surface area contributed by atoms with Crippen LogP contribution in [0.4, 0.5) is 20.3 Å². The summed E-state index contributed by atoms with van der Waals surface area (Å²) in [6.07, 6.45) is 3.68. The summed E-state index contributed by atoms with van der Waals surface area (Å²) in [6, 6.07) is 0. The van der Waals surface area contributed by atoms with E-state index in [-0.39, 0.29) is 23.0 Å². The second-order valence-electron chi connectivity index (χ2n) is 4.07. The molecule has 0 aliphatic rings. The Morgan fingerprint density at radius 2 is 2.09 bits per heavy atom. The Morgan fingerprint density at radius 1 is 1.32 bits per heavy atom. The zero-order valence-electron chi connectivity index (χ0n) is 11.6. The number of pyridine rings is 1. The van der Waals surface area contributed by atoms with E-state index in [1.807, 2.05) is 0 Å². The molecule has 0 bridgehead atoms. The van der Waals surface area contributed by atoms with Crippen LogP contribution in [0.1, 0.15) is 17.7 Å². The lowest BCUT2D eigenvalue weighted by Crippen LogP contribution is -2.08. The van der Waals surface area contributed by atoms with Crippen LogP contribution >= 0.6 is 0 Å². The van der Waals surface area contributed by atoms with Crippen molar-refractivity contribution in [2.75, 3.05) is 18.1 Å². The number of halogens is 2. The van der Waals surface area contributed by atoms with Gasteiger partial charge in [-0.25, -0.2) is 18.7 Å². The highest BCUT2D eigenvalue weighted by molar-refractivity contribution is 5.71. The van der Waals surface area contributed by atoms with E-state index in [4.69, 9.17) is 16.2 Å². The first-order chi connectivity index (χ1) is 10.6. The molecule has 0 amide bonds. The molecule has 0 fully saturated rings. The number of aromatic nitrogens is 3. The Kier molecular flexibility index (Phi) is 4.66. The van der Waals surface area contributed by atoms with Gasteiger partial charge in [-0.3, -0.25) is 4.98 Å². The molecule has 0 saturated carbocycles. The van der Waals surface area contributed by atoms with Crippen LogP contribution in [0.5, 0.6) is 5.75 Å². The molecular formula is C13H14F2N6O. The molecule has 22 heavy (non-hydrogen) atoms. The van der Waals surface area contributed by atoms with Crippen LogP contribution in [-0.4, -0.2) is 22.0 Å². The van der Waals surface area contributed by atoms with Gasteiger partial charge in [-0.1, -0.05) is 0 Å². The lowest BCUT2D eigenvalue weighted by molar-refractivity contribution is 0.149. The molecule has 116 valence electrons. The third-order valence-corrected chi connectivity index (χ3v) is 2.77. The van der Waals surface area contributed by atoms with E-state index in [2.05, 4.69) is 20.3 Å². The molecule has 5 N–H and O–H groups in total. The number of nitrogens with two attached hydrogens (primary N) is 2. The van der Waals surface area contributed by atoms with Crippen LogP contribution in [0.3, 0.4) is 0 Å². The Labute approximate surface area is 125 Å². The quantitative estimate of drug-likeness (QED) is 0.721. The van der Waals surface area contributed by atoms with E-state index in [9.17, 15) is 8.78 Å². The highest BCUT2D eigenvalue weighted by atomic mass is 19.3. The van der Waals surface area contributed by atoms with Crippen LogP contribution in [0.2, 0.25) is 0 Å². The van der Waals surface area contributed by atoms with Crippen molar-refractivity contribution in [2.45, 2.75) is 6.43 Å². The Morgan fingerprint density at radius 3 is 2.64 bits per heavy atom. The molecule has 0 radical (unpaired) electrons. The lowest BCUT2D eigenvalue weighted by atomic mass is 10.2. The van der Waals surface area contributed by atoms with Gasteiger partial charge in [0.2, 0.25) is 0 Å². The number of hydrogen-bond donors (Lipinski definition) is 3. The first kappa shape index (κ1) is 15.4. The zero-order chi connectivity index (χ0) is 16.1. The van der Waals surface area contributed by atoms with Crippen molar-refractivity contribution in [1.29, 1.82) is 0 Å². The molecule has 0 aromatic carbocycles. The topological polar surface area (TPSA) is 112 Å². The van der Waals surface area contributed by atoms with Crippen molar-refractivity contribution in [3.05, 3.63) is 42.2 Å². The molecule has 7 nitrogen and oxygen atoms in total. The van der Waals surface area contributed by atoms with Crippen molar-refractivity contribution in [3.63, 3.8) is 0 Å². The molecule has 2 rings (SSSR count). The molecule has 0 atom stereocenters. The fraction of sp³-hybridized carbons (Fsp3) is 0.154. The van der Waals surface area contributed by atoms with Gasteiger partial charge in [-0.2, -0.15) is 0 Å². The van der Waals surface area contributed by atoms with E-state index < -0.39 is 12.0 Å². The van der Waals surface area contributed by atoms with E-state index in [0.29, 0.717) is 5.69 Å². The van der Waals surface area contributed by atoms with Crippen LogP contribution in [-0.2, 0) is 0 Å². The number of hydrogen-bond acceptors (Lipinski definition) is 7. The average molecular weight is 308 g/mol. The predicted molar refractivity (Wildman–Crippen MR) is 78.0 cm³/mol. The molecule has 0 aliphatic heterocycles. The summed E-state index contributed by atoms with van der Waals surface area (Å²) in [4.78, 5) is 11.7.